The molecule has 5 nitrogen and oxygen atoms in total. The van der Waals surface area contributed by atoms with E-state index >= 15 is 0 Å². The quantitative estimate of drug-likeness (QED) is 0.898. The Kier molecular flexibility index (Phi) is 3.95. The number of rotatable bonds is 4. The van der Waals surface area contributed by atoms with Gasteiger partial charge in [0.05, 0.1) is 20.6 Å². The summed E-state index contributed by atoms with van der Waals surface area (Å²) >= 11 is 0. The monoisotopic (exact) mass is 265 g/mol. The van der Waals surface area contributed by atoms with Gasteiger partial charge in [0.1, 0.15) is 0 Å². The fourth-order valence-electron chi connectivity index (χ4n) is 2.58. The lowest BCUT2D eigenvalue weighted by Gasteiger charge is -2.34. The van der Waals surface area contributed by atoms with E-state index in [9.17, 15) is 4.79 Å². The van der Waals surface area contributed by atoms with Gasteiger partial charge in [-0.3, -0.25) is 9.69 Å². The number of carboxylic acid groups (broad SMARTS) is 1. The van der Waals surface area contributed by atoms with E-state index in [1.54, 1.807) is 14.2 Å². The molecule has 1 aliphatic rings. The van der Waals surface area contributed by atoms with Crippen LogP contribution in [0.5, 0.6) is 11.5 Å². The Balaban J connectivity index is 2.45. The van der Waals surface area contributed by atoms with Crippen molar-refractivity contribution in [2.24, 2.45) is 0 Å². The van der Waals surface area contributed by atoms with E-state index in [-0.39, 0.29) is 12.5 Å². The molecule has 0 fully saturated rings. The maximum atomic E-state index is 11.0. The lowest BCUT2D eigenvalue weighted by atomic mass is 9.90. The summed E-state index contributed by atoms with van der Waals surface area (Å²) in [6, 6.07) is 3.74. The lowest BCUT2D eigenvalue weighted by Crippen LogP contribution is -2.33. The molecule has 0 spiro atoms. The van der Waals surface area contributed by atoms with Crippen LogP contribution < -0.4 is 9.47 Å². The first-order valence-electron chi connectivity index (χ1n) is 6.23. The molecule has 0 aliphatic carbocycles. The summed E-state index contributed by atoms with van der Waals surface area (Å²) in [4.78, 5) is 13.1. The first-order valence-corrected chi connectivity index (χ1v) is 6.23. The van der Waals surface area contributed by atoms with Crippen molar-refractivity contribution in [3.63, 3.8) is 0 Å². The molecular formula is C14H19NO4. The highest BCUT2D eigenvalue weighted by Crippen LogP contribution is 2.38. The molecule has 1 N–H and O–H groups in total. The molecule has 1 heterocycles. The number of ether oxygens (including phenoxy) is 2. The molecule has 1 aromatic carbocycles. The van der Waals surface area contributed by atoms with Crippen LogP contribution >= 0.6 is 0 Å². The summed E-state index contributed by atoms with van der Waals surface area (Å²) in [5.74, 6) is 0.548. The van der Waals surface area contributed by atoms with Gasteiger partial charge in [0.25, 0.3) is 0 Å². The zero-order valence-electron chi connectivity index (χ0n) is 11.5. The Labute approximate surface area is 112 Å². The highest BCUT2D eigenvalue weighted by Gasteiger charge is 2.28. The maximum Gasteiger partial charge on any atom is 0.305 e. The van der Waals surface area contributed by atoms with Crippen LogP contribution in [0.2, 0.25) is 0 Å². The van der Waals surface area contributed by atoms with Gasteiger partial charge in [-0.2, -0.15) is 0 Å². The molecule has 5 heteroatoms. The number of likely N-dealkylation sites (N-methyl/N-ethyl adjacent to an activating group) is 1. The van der Waals surface area contributed by atoms with E-state index in [0.717, 1.165) is 24.1 Å². The average Bonchev–Trinajstić information content (AvgIpc) is 2.40. The van der Waals surface area contributed by atoms with Crippen molar-refractivity contribution in [2.45, 2.75) is 18.9 Å². The number of carbonyl (C=O) groups is 1. The second kappa shape index (κ2) is 5.48. The molecule has 104 valence electrons. The van der Waals surface area contributed by atoms with Gasteiger partial charge >= 0.3 is 5.97 Å². The predicted octanol–water partition coefficient (Wildman–Crippen LogP) is 1.71. The maximum absolute atomic E-state index is 11.0. The van der Waals surface area contributed by atoms with E-state index in [1.807, 2.05) is 19.2 Å². The smallest absolute Gasteiger partial charge is 0.305 e. The zero-order valence-corrected chi connectivity index (χ0v) is 11.5. The van der Waals surface area contributed by atoms with Crippen molar-refractivity contribution in [3.05, 3.63) is 23.3 Å². The molecule has 2 rings (SSSR count). The molecule has 0 amide bonds. The molecule has 19 heavy (non-hydrogen) atoms. The van der Waals surface area contributed by atoms with Gasteiger partial charge in [-0.15, -0.1) is 0 Å². The fourth-order valence-corrected chi connectivity index (χ4v) is 2.58. The first kappa shape index (κ1) is 13.7. The molecule has 0 saturated carbocycles. The summed E-state index contributed by atoms with van der Waals surface area (Å²) in [6.45, 7) is 0.848. The summed E-state index contributed by atoms with van der Waals surface area (Å²) in [5, 5.41) is 9.05. The average molecular weight is 265 g/mol. The topological polar surface area (TPSA) is 59.0 Å². The van der Waals surface area contributed by atoms with Gasteiger partial charge in [0.15, 0.2) is 11.5 Å². The number of hydrogen-bond acceptors (Lipinski definition) is 4. The van der Waals surface area contributed by atoms with Crippen LogP contribution in [0.4, 0.5) is 0 Å². The molecule has 0 radical (unpaired) electrons. The minimum absolute atomic E-state index is 0.0962. The van der Waals surface area contributed by atoms with Gasteiger partial charge in [-0.05, 0) is 36.7 Å². The molecule has 0 bridgehead atoms. The second-order valence-corrected chi connectivity index (χ2v) is 4.75. The van der Waals surface area contributed by atoms with Crippen molar-refractivity contribution in [1.82, 2.24) is 4.90 Å². The minimum Gasteiger partial charge on any atom is -0.493 e. The Morgan fingerprint density at radius 3 is 2.58 bits per heavy atom. The van der Waals surface area contributed by atoms with E-state index in [4.69, 9.17) is 14.6 Å². The summed E-state index contributed by atoms with van der Waals surface area (Å²) in [6.07, 6.45) is 0.987. The van der Waals surface area contributed by atoms with Crippen LogP contribution in [0.3, 0.4) is 0 Å². The highest BCUT2D eigenvalue weighted by atomic mass is 16.5. The van der Waals surface area contributed by atoms with Gasteiger partial charge < -0.3 is 14.6 Å². The van der Waals surface area contributed by atoms with Crippen molar-refractivity contribution < 1.29 is 19.4 Å². The lowest BCUT2D eigenvalue weighted by molar-refractivity contribution is -0.138. The Morgan fingerprint density at radius 1 is 1.37 bits per heavy atom. The van der Waals surface area contributed by atoms with Crippen LogP contribution in [-0.2, 0) is 11.2 Å². The third-order valence-corrected chi connectivity index (χ3v) is 3.64. The molecular weight excluding hydrogens is 246 g/mol. The summed E-state index contributed by atoms with van der Waals surface area (Å²) < 4.78 is 10.6. The molecule has 1 atom stereocenters. The highest BCUT2D eigenvalue weighted by molar-refractivity contribution is 5.68. The largest absolute Gasteiger partial charge is 0.493 e. The normalized spacial score (nSPS) is 18.8. The third kappa shape index (κ3) is 2.66. The van der Waals surface area contributed by atoms with Gasteiger partial charge in [-0.25, -0.2) is 0 Å². The summed E-state index contributed by atoms with van der Waals surface area (Å²) in [5.41, 5.74) is 2.16. The first-order chi connectivity index (χ1) is 9.06. The van der Waals surface area contributed by atoms with E-state index in [2.05, 4.69) is 4.90 Å². The SMILES string of the molecule is COc1cc2c(cc1OC)C(CC(=O)O)N(C)CC2. The second-order valence-electron chi connectivity index (χ2n) is 4.75. The van der Waals surface area contributed by atoms with Crippen LogP contribution in [0.15, 0.2) is 12.1 Å². The number of methoxy groups -OCH3 is 2. The molecule has 1 aliphatic heterocycles. The van der Waals surface area contributed by atoms with Crippen LogP contribution in [-0.4, -0.2) is 43.8 Å². The van der Waals surface area contributed by atoms with Crippen molar-refractivity contribution in [2.75, 3.05) is 27.8 Å². The Hall–Kier alpha value is -1.75. The fraction of sp³-hybridized carbons (Fsp3) is 0.500. The summed E-state index contributed by atoms with van der Waals surface area (Å²) in [7, 11) is 5.14. The number of aliphatic carboxylic acids is 1. The van der Waals surface area contributed by atoms with Gasteiger partial charge in [0, 0.05) is 12.6 Å². The van der Waals surface area contributed by atoms with Gasteiger partial charge in [-0.1, -0.05) is 0 Å². The van der Waals surface area contributed by atoms with Crippen molar-refractivity contribution in [3.8, 4) is 11.5 Å². The number of fused-ring (bicyclic) bond motifs is 1. The Bertz CT molecular complexity index is 487. The van der Waals surface area contributed by atoms with Crippen LogP contribution in [0, 0.1) is 0 Å². The molecule has 0 aromatic heterocycles. The number of nitrogens with zero attached hydrogens (tertiary/aromatic N) is 1. The third-order valence-electron chi connectivity index (χ3n) is 3.64. The minimum atomic E-state index is -0.792. The van der Waals surface area contributed by atoms with Crippen LogP contribution in [0.1, 0.15) is 23.6 Å². The molecule has 0 saturated heterocycles. The van der Waals surface area contributed by atoms with Crippen LogP contribution in [0.25, 0.3) is 0 Å². The number of benzene rings is 1. The standard InChI is InChI=1S/C14H19NO4/c1-15-5-4-9-6-12(18-2)13(19-3)7-10(9)11(15)8-14(16)17/h6-7,11H,4-5,8H2,1-3H3,(H,16,17). The van der Waals surface area contributed by atoms with E-state index in [0.29, 0.717) is 11.5 Å². The van der Waals surface area contributed by atoms with Gasteiger partial charge in [0.2, 0.25) is 0 Å². The Morgan fingerprint density at radius 2 is 2.00 bits per heavy atom. The predicted molar refractivity (Wildman–Crippen MR) is 70.9 cm³/mol. The molecule has 1 unspecified atom stereocenters. The van der Waals surface area contributed by atoms with E-state index < -0.39 is 5.97 Å². The number of hydrogen-bond donors (Lipinski definition) is 1. The molecule has 1 aromatic rings. The zero-order chi connectivity index (χ0) is 14.0. The van der Waals surface area contributed by atoms with E-state index in [1.165, 1.54) is 0 Å². The van der Waals surface area contributed by atoms with Crippen molar-refractivity contribution >= 4 is 5.97 Å². The van der Waals surface area contributed by atoms with Crippen molar-refractivity contribution in [1.29, 1.82) is 0 Å². The number of carboxylic acids is 1.